The zero-order valence-electron chi connectivity index (χ0n) is 16.1. The zero-order valence-corrected chi connectivity index (χ0v) is 16.1. The van der Waals surface area contributed by atoms with E-state index in [2.05, 4.69) is 12.2 Å². The first-order valence-electron chi connectivity index (χ1n) is 9.50. The van der Waals surface area contributed by atoms with Gasteiger partial charge in [-0.15, -0.1) is 0 Å². The van der Waals surface area contributed by atoms with Gasteiger partial charge >= 0.3 is 0 Å². The van der Waals surface area contributed by atoms with E-state index in [4.69, 9.17) is 4.42 Å². The summed E-state index contributed by atoms with van der Waals surface area (Å²) in [6.07, 6.45) is 4.29. The minimum Gasteiger partial charge on any atom is -0.461 e. The van der Waals surface area contributed by atoms with Gasteiger partial charge in [0.1, 0.15) is 11.5 Å². The lowest BCUT2D eigenvalue weighted by Gasteiger charge is -2.18. The first kappa shape index (κ1) is 19.0. The molecular weight excluding hydrogens is 340 g/mol. The lowest BCUT2D eigenvalue weighted by Crippen LogP contribution is -2.30. The molecule has 1 fully saturated rings. The number of carbonyl (C=O) groups is 2. The van der Waals surface area contributed by atoms with Gasteiger partial charge in [-0.3, -0.25) is 9.59 Å². The monoisotopic (exact) mass is 366 g/mol. The van der Waals surface area contributed by atoms with Crippen molar-refractivity contribution in [2.45, 2.75) is 33.1 Å². The van der Waals surface area contributed by atoms with Crippen LogP contribution in [-0.4, -0.2) is 29.8 Å². The number of nitrogens with one attached hydrogen (secondary N) is 1. The number of benzene rings is 1. The molecule has 1 aliphatic rings. The van der Waals surface area contributed by atoms with Crippen molar-refractivity contribution in [2.75, 3.05) is 18.4 Å². The van der Waals surface area contributed by atoms with Crippen LogP contribution in [0, 0.1) is 5.92 Å². The highest BCUT2D eigenvalue weighted by Gasteiger charge is 2.36. The van der Waals surface area contributed by atoms with Gasteiger partial charge in [-0.05, 0) is 68.7 Å². The van der Waals surface area contributed by atoms with E-state index in [9.17, 15) is 9.59 Å². The van der Waals surface area contributed by atoms with Crippen LogP contribution in [0.2, 0.25) is 0 Å². The standard InChI is InChI=1S/C22H26N2O3/c1-4-24(5-2)22(26)16-6-8-17(9-7-16)23-21(25)13-11-18-10-12-20(27-18)19-14-15(19)3/h6-13,15,19H,4-5,14H2,1-3H3,(H,23,25). The van der Waals surface area contributed by atoms with E-state index in [0.29, 0.717) is 41.9 Å². The van der Waals surface area contributed by atoms with Gasteiger partial charge < -0.3 is 14.6 Å². The number of amides is 2. The van der Waals surface area contributed by atoms with Crippen LogP contribution >= 0.6 is 0 Å². The molecule has 5 nitrogen and oxygen atoms in total. The summed E-state index contributed by atoms with van der Waals surface area (Å²) in [5, 5.41) is 2.79. The van der Waals surface area contributed by atoms with E-state index in [-0.39, 0.29) is 11.8 Å². The van der Waals surface area contributed by atoms with E-state index in [0.717, 1.165) is 5.76 Å². The molecule has 3 rings (SSSR count). The molecule has 0 aliphatic heterocycles. The summed E-state index contributed by atoms with van der Waals surface area (Å²) in [6.45, 7) is 7.46. The predicted octanol–water partition coefficient (Wildman–Crippen LogP) is 4.54. The molecule has 1 aliphatic carbocycles. The van der Waals surface area contributed by atoms with Crippen LogP contribution in [0.5, 0.6) is 0 Å². The molecule has 142 valence electrons. The summed E-state index contributed by atoms with van der Waals surface area (Å²) >= 11 is 0. The highest BCUT2D eigenvalue weighted by Crippen LogP contribution is 2.47. The summed E-state index contributed by atoms with van der Waals surface area (Å²) in [5.41, 5.74) is 1.26. The van der Waals surface area contributed by atoms with E-state index in [1.54, 1.807) is 35.2 Å². The highest BCUT2D eigenvalue weighted by atomic mass is 16.3. The molecule has 0 radical (unpaired) electrons. The first-order valence-corrected chi connectivity index (χ1v) is 9.50. The van der Waals surface area contributed by atoms with Gasteiger partial charge in [0.05, 0.1) is 0 Å². The molecular formula is C22H26N2O3. The topological polar surface area (TPSA) is 62.6 Å². The summed E-state index contributed by atoms with van der Waals surface area (Å²) in [6, 6.07) is 10.8. The van der Waals surface area contributed by atoms with Gasteiger partial charge in [0, 0.05) is 36.3 Å². The Morgan fingerprint density at radius 1 is 1.15 bits per heavy atom. The second kappa shape index (κ2) is 8.25. The van der Waals surface area contributed by atoms with Gasteiger partial charge in [0.2, 0.25) is 5.91 Å². The molecule has 2 amide bonds. The van der Waals surface area contributed by atoms with Gasteiger partial charge in [-0.1, -0.05) is 6.92 Å². The fraction of sp³-hybridized carbons (Fsp3) is 0.364. The van der Waals surface area contributed by atoms with Crippen LogP contribution in [0.3, 0.4) is 0 Å². The summed E-state index contributed by atoms with van der Waals surface area (Å²) < 4.78 is 5.76. The Morgan fingerprint density at radius 2 is 1.81 bits per heavy atom. The van der Waals surface area contributed by atoms with Crippen LogP contribution in [0.1, 0.15) is 55.0 Å². The van der Waals surface area contributed by atoms with Gasteiger partial charge in [0.25, 0.3) is 5.91 Å². The Hall–Kier alpha value is -2.82. The Morgan fingerprint density at radius 3 is 2.41 bits per heavy atom. The number of furan rings is 1. The second-order valence-electron chi connectivity index (χ2n) is 6.94. The lowest BCUT2D eigenvalue weighted by atomic mass is 10.1. The molecule has 2 unspecified atom stereocenters. The zero-order chi connectivity index (χ0) is 19.4. The van der Waals surface area contributed by atoms with Crippen LogP contribution in [-0.2, 0) is 4.79 Å². The van der Waals surface area contributed by atoms with Crippen molar-refractivity contribution in [3.8, 4) is 0 Å². The van der Waals surface area contributed by atoms with Crippen molar-refractivity contribution in [2.24, 2.45) is 5.92 Å². The average molecular weight is 366 g/mol. The minimum absolute atomic E-state index is 0.00335. The number of hydrogen-bond donors (Lipinski definition) is 1. The second-order valence-corrected chi connectivity index (χ2v) is 6.94. The van der Waals surface area contributed by atoms with E-state index < -0.39 is 0 Å². The maximum atomic E-state index is 12.3. The van der Waals surface area contributed by atoms with E-state index in [1.807, 2.05) is 26.0 Å². The summed E-state index contributed by atoms with van der Waals surface area (Å²) in [4.78, 5) is 26.1. The number of nitrogens with zero attached hydrogens (tertiary/aromatic N) is 1. The van der Waals surface area contributed by atoms with Gasteiger partial charge in [-0.2, -0.15) is 0 Å². The molecule has 1 saturated carbocycles. The third kappa shape index (κ3) is 4.67. The van der Waals surface area contributed by atoms with E-state index >= 15 is 0 Å². The van der Waals surface area contributed by atoms with Gasteiger partial charge in [0.15, 0.2) is 0 Å². The Kier molecular flexibility index (Phi) is 5.79. The third-order valence-electron chi connectivity index (χ3n) is 4.97. The molecule has 0 spiro atoms. The molecule has 27 heavy (non-hydrogen) atoms. The molecule has 2 atom stereocenters. The summed E-state index contributed by atoms with van der Waals surface area (Å²) in [5.74, 6) is 2.65. The smallest absolute Gasteiger partial charge is 0.253 e. The van der Waals surface area contributed by atoms with Crippen LogP contribution in [0.15, 0.2) is 46.9 Å². The molecule has 2 aromatic rings. The molecule has 0 bridgehead atoms. The fourth-order valence-corrected chi connectivity index (χ4v) is 3.11. The van der Waals surface area contributed by atoms with Crippen LogP contribution in [0.25, 0.3) is 6.08 Å². The average Bonchev–Trinajstić information content (AvgIpc) is 3.21. The maximum Gasteiger partial charge on any atom is 0.253 e. The van der Waals surface area contributed by atoms with Crippen LogP contribution in [0.4, 0.5) is 5.69 Å². The number of hydrogen-bond acceptors (Lipinski definition) is 3. The highest BCUT2D eigenvalue weighted by molar-refractivity contribution is 6.02. The quantitative estimate of drug-likeness (QED) is 0.732. The van der Waals surface area contributed by atoms with Crippen molar-refractivity contribution in [3.05, 3.63) is 59.6 Å². The summed E-state index contributed by atoms with van der Waals surface area (Å²) in [7, 11) is 0. The normalized spacial score (nSPS) is 18.5. The predicted molar refractivity (Wildman–Crippen MR) is 107 cm³/mol. The van der Waals surface area contributed by atoms with Crippen molar-refractivity contribution >= 4 is 23.6 Å². The molecule has 1 N–H and O–H groups in total. The van der Waals surface area contributed by atoms with Crippen molar-refractivity contribution in [1.29, 1.82) is 0 Å². The first-order chi connectivity index (χ1) is 13.0. The van der Waals surface area contributed by atoms with Crippen molar-refractivity contribution < 1.29 is 14.0 Å². The molecule has 0 saturated heterocycles. The maximum absolute atomic E-state index is 12.3. The molecule has 1 heterocycles. The Bertz CT molecular complexity index is 831. The molecule has 1 aromatic heterocycles. The van der Waals surface area contributed by atoms with E-state index in [1.165, 1.54) is 12.5 Å². The van der Waals surface area contributed by atoms with Crippen molar-refractivity contribution in [1.82, 2.24) is 4.90 Å². The fourth-order valence-electron chi connectivity index (χ4n) is 3.11. The molecule has 5 heteroatoms. The SMILES string of the molecule is CCN(CC)C(=O)c1ccc(NC(=O)C=Cc2ccc(C3CC3C)o2)cc1. The lowest BCUT2D eigenvalue weighted by molar-refractivity contribution is -0.111. The van der Waals surface area contributed by atoms with Gasteiger partial charge in [-0.25, -0.2) is 0 Å². The number of rotatable bonds is 7. The third-order valence-corrected chi connectivity index (χ3v) is 4.97. The number of anilines is 1. The number of carbonyl (C=O) groups excluding carboxylic acids is 2. The minimum atomic E-state index is -0.240. The Balaban J connectivity index is 1.56. The van der Waals surface area contributed by atoms with Crippen LogP contribution < -0.4 is 5.32 Å². The van der Waals surface area contributed by atoms with Crippen molar-refractivity contribution in [3.63, 3.8) is 0 Å². The molecule has 1 aromatic carbocycles. The Labute approximate surface area is 160 Å². The largest absolute Gasteiger partial charge is 0.461 e.